The zero-order valence-corrected chi connectivity index (χ0v) is 19.8. The van der Waals surface area contributed by atoms with Crippen molar-refractivity contribution in [1.82, 2.24) is 4.90 Å². The van der Waals surface area contributed by atoms with Gasteiger partial charge >= 0.3 is 11.9 Å². The lowest BCUT2D eigenvalue weighted by atomic mass is 9.80. The van der Waals surface area contributed by atoms with Crippen LogP contribution in [0.15, 0.2) is 92.4 Å². The lowest BCUT2D eigenvalue weighted by Crippen LogP contribution is -2.33. The van der Waals surface area contributed by atoms with Gasteiger partial charge in [0.1, 0.15) is 24.7 Å². The fourth-order valence-corrected chi connectivity index (χ4v) is 4.19. The van der Waals surface area contributed by atoms with E-state index in [4.69, 9.17) is 29.9 Å². The molecule has 3 aromatic rings. The van der Waals surface area contributed by atoms with Gasteiger partial charge in [-0.15, -0.1) is 0 Å². The van der Waals surface area contributed by atoms with E-state index in [9.17, 15) is 9.59 Å². The summed E-state index contributed by atoms with van der Waals surface area (Å²) in [6.45, 7) is 3.54. The number of esters is 2. The smallest absolute Gasteiger partial charge is 0.337 e. The number of nitrogens with zero attached hydrogens (tertiary/aromatic N) is 1. The van der Waals surface area contributed by atoms with Crippen molar-refractivity contribution in [3.8, 4) is 0 Å². The summed E-state index contributed by atoms with van der Waals surface area (Å²) in [5.41, 5.74) is 2.50. The topological polar surface area (TPSA) is 82.1 Å². The minimum atomic E-state index is -0.780. The molecule has 0 unspecified atom stereocenters. The SMILES string of the molecule is CC1=C(C(=O)OCc2ccco2)C(c2ccccc2Cl)C(C(=O)OCc2ccco2)=C(C)N1C. The van der Waals surface area contributed by atoms with Gasteiger partial charge in [-0.05, 0) is 49.7 Å². The highest BCUT2D eigenvalue weighted by atomic mass is 35.5. The van der Waals surface area contributed by atoms with Crippen molar-refractivity contribution < 1.29 is 27.9 Å². The number of benzene rings is 1. The molecular formula is C26H24ClNO6. The number of rotatable bonds is 7. The van der Waals surface area contributed by atoms with Gasteiger partial charge in [0.2, 0.25) is 0 Å². The number of ether oxygens (including phenoxy) is 2. The fraction of sp³-hybridized carbons (Fsp3) is 0.231. The van der Waals surface area contributed by atoms with Crippen molar-refractivity contribution in [2.24, 2.45) is 0 Å². The Labute approximate surface area is 202 Å². The molecule has 0 saturated carbocycles. The molecule has 7 nitrogen and oxygen atoms in total. The van der Waals surface area contributed by atoms with Gasteiger partial charge in [-0.2, -0.15) is 0 Å². The molecular weight excluding hydrogens is 458 g/mol. The Kier molecular flexibility index (Phi) is 6.93. The van der Waals surface area contributed by atoms with Gasteiger partial charge in [0, 0.05) is 23.5 Å². The number of furan rings is 2. The quantitative estimate of drug-likeness (QED) is 0.407. The Morgan fingerprint density at radius 1 is 0.853 bits per heavy atom. The largest absolute Gasteiger partial charge is 0.466 e. The summed E-state index contributed by atoms with van der Waals surface area (Å²) in [6.07, 6.45) is 3.02. The predicted octanol–water partition coefficient (Wildman–Crippen LogP) is 5.59. The van der Waals surface area contributed by atoms with Crippen molar-refractivity contribution in [3.05, 3.63) is 106 Å². The summed E-state index contributed by atoms with van der Waals surface area (Å²) in [4.78, 5) is 28.5. The maximum atomic E-state index is 13.4. The molecule has 0 amide bonds. The van der Waals surface area contributed by atoms with E-state index in [0.717, 1.165) is 0 Å². The van der Waals surface area contributed by atoms with Crippen LogP contribution in [0.5, 0.6) is 0 Å². The van der Waals surface area contributed by atoms with Gasteiger partial charge in [-0.3, -0.25) is 0 Å². The van der Waals surface area contributed by atoms with Crippen molar-refractivity contribution in [3.63, 3.8) is 0 Å². The third-order valence-corrected chi connectivity index (χ3v) is 6.21. The average molecular weight is 482 g/mol. The van der Waals surface area contributed by atoms with Gasteiger partial charge in [0.25, 0.3) is 0 Å². The zero-order chi connectivity index (χ0) is 24.2. The third kappa shape index (κ3) is 4.65. The molecule has 176 valence electrons. The van der Waals surface area contributed by atoms with Crippen LogP contribution < -0.4 is 0 Å². The van der Waals surface area contributed by atoms with Crippen LogP contribution in [0.4, 0.5) is 0 Å². The highest BCUT2D eigenvalue weighted by molar-refractivity contribution is 6.31. The Hall–Kier alpha value is -3.71. The number of hydrogen-bond donors (Lipinski definition) is 0. The Balaban J connectivity index is 1.73. The number of hydrogen-bond acceptors (Lipinski definition) is 7. The molecule has 0 saturated heterocycles. The summed E-state index contributed by atoms with van der Waals surface area (Å²) in [5.74, 6) is -0.910. The number of carbonyl (C=O) groups is 2. The van der Waals surface area contributed by atoms with Gasteiger partial charge in [0.15, 0.2) is 0 Å². The monoisotopic (exact) mass is 481 g/mol. The molecule has 1 aromatic carbocycles. The summed E-state index contributed by atoms with van der Waals surface area (Å²) in [6, 6.07) is 14.0. The van der Waals surface area contributed by atoms with E-state index >= 15 is 0 Å². The van der Waals surface area contributed by atoms with E-state index < -0.39 is 17.9 Å². The molecule has 0 atom stereocenters. The molecule has 4 rings (SSSR count). The van der Waals surface area contributed by atoms with Gasteiger partial charge in [-0.1, -0.05) is 29.8 Å². The van der Waals surface area contributed by atoms with Crippen LogP contribution in [-0.4, -0.2) is 23.9 Å². The summed E-state index contributed by atoms with van der Waals surface area (Å²) in [5, 5.41) is 0.422. The van der Waals surface area contributed by atoms with Crippen LogP contribution in [0.25, 0.3) is 0 Å². The summed E-state index contributed by atoms with van der Waals surface area (Å²) >= 11 is 6.55. The fourth-order valence-electron chi connectivity index (χ4n) is 3.94. The first-order valence-corrected chi connectivity index (χ1v) is 11.0. The maximum Gasteiger partial charge on any atom is 0.337 e. The van der Waals surface area contributed by atoms with Crippen LogP contribution in [0.2, 0.25) is 5.02 Å². The molecule has 0 radical (unpaired) electrons. The van der Waals surface area contributed by atoms with Gasteiger partial charge < -0.3 is 23.2 Å². The molecule has 34 heavy (non-hydrogen) atoms. The second-order valence-corrected chi connectivity index (χ2v) is 8.23. The first-order valence-electron chi connectivity index (χ1n) is 10.7. The lowest BCUT2D eigenvalue weighted by Gasteiger charge is -2.36. The van der Waals surface area contributed by atoms with E-state index in [1.807, 2.05) is 19.9 Å². The third-order valence-electron chi connectivity index (χ3n) is 5.87. The number of halogens is 1. The normalized spacial score (nSPS) is 14.5. The Bertz CT molecular complexity index is 1170. The number of carbonyl (C=O) groups excluding carboxylic acids is 2. The van der Waals surface area contributed by atoms with Gasteiger partial charge in [-0.25, -0.2) is 9.59 Å². The minimum absolute atomic E-state index is 0.0391. The molecule has 8 heteroatoms. The lowest BCUT2D eigenvalue weighted by molar-refractivity contribution is -0.142. The van der Waals surface area contributed by atoms with Crippen molar-refractivity contribution >= 4 is 23.5 Å². The first-order chi connectivity index (χ1) is 16.4. The van der Waals surface area contributed by atoms with Crippen molar-refractivity contribution in [2.45, 2.75) is 33.0 Å². The van der Waals surface area contributed by atoms with E-state index in [2.05, 4.69) is 0 Å². The molecule has 3 heterocycles. The molecule has 0 bridgehead atoms. The molecule has 2 aromatic heterocycles. The minimum Gasteiger partial charge on any atom is -0.466 e. The molecule has 1 aliphatic rings. The Morgan fingerprint density at radius 2 is 1.35 bits per heavy atom. The highest BCUT2D eigenvalue weighted by Gasteiger charge is 2.40. The number of allylic oxidation sites excluding steroid dienone is 2. The van der Waals surface area contributed by atoms with Crippen LogP contribution in [0.3, 0.4) is 0 Å². The molecule has 0 N–H and O–H groups in total. The predicted molar refractivity (Wildman–Crippen MR) is 124 cm³/mol. The second kappa shape index (κ2) is 10.1. The molecule has 1 aliphatic heterocycles. The maximum absolute atomic E-state index is 13.4. The van der Waals surface area contributed by atoms with E-state index in [-0.39, 0.29) is 13.2 Å². The summed E-state index contributed by atoms with van der Waals surface area (Å²) in [7, 11) is 1.78. The van der Waals surface area contributed by atoms with E-state index in [1.165, 1.54) is 12.5 Å². The average Bonchev–Trinajstić information content (AvgIpc) is 3.54. The zero-order valence-electron chi connectivity index (χ0n) is 19.0. The molecule has 0 spiro atoms. The van der Waals surface area contributed by atoms with Crippen LogP contribution in [0.1, 0.15) is 36.8 Å². The van der Waals surface area contributed by atoms with Crippen molar-refractivity contribution in [2.75, 3.05) is 7.05 Å². The van der Waals surface area contributed by atoms with E-state index in [1.54, 1.807) is 54.4 Å². The standard InChI is InChI=1S/C26H24ClNO6/c1-16-22(25(29)33-14-18-8-6-12-31-18)24(20-10-4-5-11-21(20)27)23(17(2)28(16)3)26(30)34-15-19-9-7-13-32-19/h4-13,24H,14-15H2,1-3H3. The van der Waals surface area contributed by atoms with Crippen LogP contribution >= 0.6 is 11.6 Å². The Morgan fingerprint density at radius 3 is 1.79 bits per heavy atom. The highest BCUT2D eigenvalue weighted by Crippen LogP contribution is 2.44. The van der Waals surface area contributed by atoms with E-state index in [0.29, 0.717) is 44.6 Å². The summed E-state index contributed by atoms with van der Waals surface area (Å²) < 4.78 is 21.7. The van der Waals surface area contributed by atoms with Crippen molar-refractivity contribution in [1.29, 1.82) is 0 Å². The molecule has 0 fully saturated rings. The van der Waals surface area contributed by atoms with Crippen LogP contribution in [-0.2, 0) is 32.3 Å². The first kappa shape index (κ1) is 23.4. The second-order valence-electron chi connectivity index (χ2n) is 7.82. The molecule has 0 aliphatic carbocycles. The van der Waals surface area contributed by atoms with Gasteiger partial charge in [0.05, 0.1) is 29.6 Å². The van der Waals surface area contributed by atoms with Crippen LogP contribution in [0, 0.1) is 0 Å².